The summed E-state index contributed by atoms with van der Waals surface area (Å²) >= 11 is 4.68. The van der Waals surface area contributed by atoms with Crippen LogP contribution in [0.5, 0.6) is 0 Å². The Labute approximate surface area is 119 Å². The van der Waals surface area contributed by atoms with Crippen molar-refractivity contribution in [1.82, 2.24) is 0 Å². The molecule has 102 valence electrons. The van der Waals surface area contributed by atoms with Gasteiger partial charge in [0.05, 0.1) is 0 Å². The smallest absolute Gasteiger partial charge is 0.00778 e. The molecule has 1 heteroatoms. The molecular weight excluding hydrogens is 236 g/mol. The summed E-state index contributed by atoms with van der Waals surface area (Å²) in [6.45, 7) is 18.2. The second-order valence-electron chi connectivity index (χ2n) is 7.61. The first kappa shape index (κ1) is 15.6. The van der Waals surface area contributed by atoms with Crippen molar-refractivity contribution >= 4 is 12.6 Å². The molecule has 0 saturated carbocycles. The molecule has 0 aliphatic rings. The van der Waals surface area contributed by atoms with E-state index in [1.807, 2.05) is 0 Å². The molecule has 0 aliphatic carbocycles. The van der Waals surface area contributed by atoms with Gasteiger partial charge in [-0.3, -0.25) is 0 Å². The van der Waals surface area contributed by atoms with Gasteiger partial charge >= 0.3 is 0 Å². The summed E-state index contributed by atoms with van der Waals surface area (Å²) in [7, 11) is 0. The van der Waals surface area contributed by atoms with Gasteiger partial charge in [-0.15, -0.1) is 12.6 Å². The summed E-state index contributed by atoms with van der Waals surface area (Å²) in [6, 6.07) is 4.65. The average molecular weight is 264 g/mol. The van der Waals surface area contributed by atoms with Gasteiger partial charge in [0.15, 0.2) is 0 Å². The number of thiol groups is 1. The molecule has 1 aromatic carbocycles. The topological polar surface area (TPSA) is 0 Å². The number of rotatable bonds is 1. The minimum atomic E-state index is 0.162. The Balaban J connectivity index is 3.58. The van der Waals surface area contributed by atoms with Crippen LogP contribution < -0.4 is 0 Å². The Kier molecular flexibility index (Phi) is 4.27. The lowest BCUT2D eigenvalue weighted by Crippen LogP contribution is -2.22. The number of hydrogen-bond acceptors (Lipinski definition) is 1. The van der Waals surface area contributed by atoms with Crippen molar-refractivity contribution in [3.05, 3.63) is 28.8 Å². The molecule has 18 heavy (non-hydrogen) atoms. The first-order valence-electron chi connectivity index (χ1n) is 6.82. The van der Waals surface area contributed by atoms with E-state index in [0.29, 0.717) is 5.92 Å². The summed E-state index contributed by atoms with van der Waals surface area (Å²) < 4.78 is 0. The zero-order valence-electron chi connectivity index (χ0n) is 13.2. The molecule has 0 N–H and O–H groups in total. The Morgan fingerprint density at radius 1 is 0.833 bits per heavy atom. The van der Waals surface area contributed by atoms with Gasteiger partial charge in [-0.05, 0) is 39.5 Å². The zero-order chi connectivity index (χ0) is 14.3. The van der Waals surface area contributed by atoms with Gasteiger partial charge < -0.3 is 0 Å². The van der Waals surface area contributed by atoms with E-state index in [0.717, 1.165) is 4.90 Å². The average Bonchev–Trinajstić information content (AvgIpc) is 2.13. The summed E-state index contributed by atoms with van der Waals surface area (Å²) in [5.74, 6) is 0.521. The summed E-state index contributed by atoms with van der Waals surface area (Å²) in [5, 5.41) is 0. The maximum absolute atomic E-state index is 4.68. The second kappa shape index (κ2) is 4.92. The fourth-order valence-corrected chi connectivity index (χ4v) is 2.76. The van der Waals surface area contributed by atoms with E-state index in [1.54, 1.807) is 0 Å². The lowest BCUT2D eigenvalue weighted by atomic mass is 9.74. The van der Waals surface area contributed by atoms with Crippen LogP contribution in [0, 0.1) is 0 Å². The third-order valence-corrected chi connectivity index (χ3v) is 3.79. The monoisotopic (exact) mass is 264 g/mol. The van der Waals surface area contributed by atoms with Crippen molar-refractivity contribution in [2.45, 2.75) is 77.0 Å². The molecule has 0 nitrogen and oxygen atoms in total. The highest BCUT2D eigenvalue weighted by Crippen LogP contribution is 2.38. The summed E-state index contributed by atoms with van der Waals surface area (Å²) in [4.78, 5) is 1.13. The van der Waals surface area contributed by atoms with Gasteiger partial charge in [-0.25, -0.2) is 0 Å². The first-order chi connectivity index (χ1) is 7.94. The summed E-state index contributed by atoms with van der Waals surface area (Å²) in [6.07, 6.45) is 0. The van der Waals surface area contributed by atoms with Crippen LogP contribution in [0.2, 0.25) is 0 Å². The lowest BCUT2D eigenvalue weighted by Gasteiger charge is -2.32. The van der Waals surface area contributed by atoms with Gasteiger partial charge in [0.25, 0.3) is 0 Å². The molecule has 1 aromatic rings. The second-order valence-corrected chi connectivity index (χ2v) is 8.09. The molecule has 0 saturated heterocycles. The van der Waals surface area contributed by atoms with Crippen LogP contribution in [-0.2, 0) is 10.8 Å². The molecule has 0 radical (unpaired) electrons. The van der Waals surface area contributed by atoms with Gasteiger partial charge in [0.1, 0.15) is 0 Å². The molecule has 0 aliphatic heterocycles. The van der Waals surface area contributed by atoms with Gasteiger partial charge in [0.2, 0.25) is 0 Å². The van der Waals surface area contributed by atoms with Crippen LogP contribution in [0.25, 0.3) is 0 Å². The Morgan fingerprint density at radius 2 is 1.22 bits per heavy atom. The van der Waals surface area contributed by atoms with Crippen LogP contribution in [-0.4, -0.2) is 0 Å². The fourth-order valence-electron chi connectivity index (χ4n) is 2.31. The third kappa shape index (κ3) is 3.32. The Morgan fingerprint density at radius 3 is 1.56 bits per heavy atom. The molecule has 0 atom stereocenters. The predicted molar refractivity (Wildman–Crippen MR) is 85.2 cm³/mol. The van der Waals surface area contributed by atoms with E-state index >= 15 is 0 Å². The van der Waals surface area contributed by atoms with Crippen molar-refractivity contribution in [3.63, 3.8) is 0 Å². The van der Waals surface area contributed by atoms with E-state index in [-0.39, 0.29) is 10.8 Å². The summed E-state index contributed by atoms with van der Waals surface area (Å²) in [5.41, 5.74) is 4.57. The van der Waals surface area contributed by atoms with Crippen LogP contribution in [0.4, 0.5) is 0 Å². The first-order valence-corrected chi connectivity index (χ1v) is 7.27. The minimum Gasteiger partial charge on any atom is -0.143 e. The molecule has 0 bridgehead atoms. The SMILES string of the molecule is CC(C)c1cc(C(C)(C)C)c(C(C)(C)C)cc1S. The van der Waals surface area contributed by atoms with Gasteiger partial charge in [0, 0.05) is 4.90 Å². The maximum atomic E-state index is 4.68. The molecule has 0 amide bonds. The Bertz CT molecular complexity index is 428. The fraction of sp³-hybridized carbons (Fsp3) is 0.647. The van der Waals surface area contributed by atoms with Crippen LogP contribution >= 0.6 is 12.6 Å². The predicted octanol–water partition coefficient (Wildman–Crippen LogP) is 5.69. The normalized spacial score (nSPS) is 13.2. The van der Waals surface area contributed by atoms with Crippen molar-refractivity contribution in [1.29, 1.82) is 0 Å². The van der Waals surface area contributed by atoms with Crippen LogP contribution in [0.1, 0.15) is 78.0 Å². The molecule has 1 rings (SSSR count). The highest BCUT2D eigenvalue weighted by atomic mass is 32.1. The van der Waals surface area contributed by atoms with E-state index in [2.05, 4.69) is 80.2 Å². The highest BCUT2D eigenvalue weighted by Gasteiger charge is 2.26. The number of hydrogen-bond donors (Lipinski definition) is 1. The van der Waals surface area contributed by atoms with E-state index < -0.39 is 0 Å². The third-order valence-electron chi connectivity index (χ3n) is 3.40. The molecular formula is C17H28S. The lowest BCUT2D eigenvalue weighted by molar-refractivity contribution is 0.527. The largest absolute Gasteiger partial charge is 0.143 e. The number of benzene rings is 1. The molecule has 0 aromatic heterocycles. The van der Waals surface area contributed by atoms with Crippen LogP contribution in [0.3, 0.4) is 0 Å². The van der Waals surface area contributed by atoms with Crippen molar-refractivity contribution in [2.24, 2.45) is 0 Å². The van der Waals surface area contributed by atoms with E-state index in [9.17, 15) is 0 Å². The van der Waals surface area contributed by atoms with E-state index in [1.165, 1.54) is 16.7 Å². The van der Waals surface area contributed by atoms with Crippen molar-refractivity contribution < 1.29 is 0 Å². The highest BCUT2D eigenvalue weighted by molar-refractivity contribution is 7.80. The molecule has 0 fully saturated rings. The standard InChI is InChI=1S/C17H28S/c1-11(2)12-9-13(16(3,4)5)14(10-15(12)18)17(6,7)8/h9-11,18H,1-8H3. The minimum absolute atomic E-state index is 0.162. The van der Waals surface area contributed by atoms with Crippen molar-refractivity contribution in [3.8, 4) is 0 Å². The van der Waals surface area contributed by atoms with Crippen LogP contribution in [0.15, 0.2) is 17.0 Å². The van der Waals surface area contributed by atoms with Gasteiger partial charge in [-0.2, -0.15) is 0 Å². The van der Waals surface area contributed by atoms with Gasteiger partial charge in [-0.1, -0.05) is 61.5 Å². The van der Waals surface area contributed by atoms with E-state index in [4.69, 9.17) is 0 Å². The molecule has 0 unspecified atom stereocenters. The zero-order valence-corrected chi connectivity index (χ0v) is 14.1. The van der Waals surface area contributed by atoms with Crippen molar-refractivity contribution in [2.75, 3.05) is 0 Å². The Hall–Kier alpha value is -0.430. The molecule has 0 heterocycles. The maximum Gasteiger partial charge on any atom is 0.00778 e. The quantitative estimate of drug-likeness (QED) is 0.619. The molecule has 0 spiro atoms.